The highest BCUT2D eigenvalue weighted by Crippen LogP contribution is 2.20. The van der Waals surface area contributed by atoms with Crippen LogP contribution in [0.2, 0.25) is 0 Å². The molecule has 3 heterocycles. The fraction of sp³-hybridized carbons (Fsp3) is 0.300. The lowest BCUT2D eigenvalue weighted by atomic mass is 10.1. The van der Waals surface area contributed by atoms with E-state index in [0.29, 0.717) is 19.5 Å². The van der Waals surface area contributed by atoms with Crippen LogP contribution >= 0.6 is 0 Å². The lowest BCUT2D eigenvalue weighted by molar-refractivity contribution is 0.236. The molecule has 3 aromatic rings. The predicted molar refractivity (Wildman–Crippen MR) is 103 cm³/mol. The van der Waals surface area contributed by atoms with Gasteiger partial charge in [-0.1, -0.05) is 12.1 Å². The molecule has 0 atom stereocenters. The Morgan fingerprint density at radius 3 is 2.68 bits per heavy atom. The molecule has 28 heavy (non-hydrogen) atoms. The molecule has 0 N–H and O–H groups in total. The van der Waals surface area contributed by atoms with Crippen LogP contribution in [0.1, 0.15) is 22.5 Å². The molecule has 8 heteroatoms. The van der Waals surface area contributed by atoms with E-state index < -0.39 is 9.84 Å². The van der Waals surface area contributed by atoms with E-state index in [0.717, 1.165) is 36.2 Å². The third-order valence-electron chi connectivity index (χ3n) is 4.90. The van der Waals surface area contributed by atoms with E-state index in [1.54, 1.807) is 18.3 Å². The smallest absolute Gasteiger partial charge is 0.246 e. The van der Waals surface area contributed by atoms with Crippen molar-refractivity contribution in [1.82, 2.24) is 19.4 Å². The fourth-order valence-corrected chi connectivity index (χ4v) is 3.95. The summed E-state index contributed by atoms with van der Waals surface area (Å²) in [5, 5.41) is -0.104. The summed E-state index contributed by atoms with van der Waals surface area (Å²) in [7, 11) is -3.39. The number of nitrogens with zero attached hydrogens (tertiary/aromatic N) is 4. The van der Waals surface area contributed by atoms with Crippen molar-refractivity contribution in [1.29, 1.82) is 0 Å². The van der Waals surface area contributed by atoms with Gasteiger partial charge in [0.2, 0.25) is 15.0 Å². The molecule has 0 spiro atoms. The first-order valence-corrected chi connectivity index (χ1v) is 10.9. The van der Waals surface area contributed by atoms with E-state index in [1.165, 1.54) is 17.8 Å². The van der Waals surface area contributed by atoms with Gasteiger partial charge in [-0.3, -0.25) is 4.90 Å². The third-order valence-corrected chi connectivity index (χ3v) is 5.76. The minimum Gasteiger partial charge on any atom is -0.346 e. The topological polar surface area (TPSA) is 68.1 Å². The van der Waals surface area contributed by atoms with Crippen molar-refractivity contribution in [2.24, 2.45) is 0 Å². The number of aromatic nitrogens is 3. The van der Waals surface area contributed by atoms with Gasteiger partial charge in [0.05, 0.1) is 5.69 Å². The maximum atomic E-state index is 13.1. The molecular weight excluding hydrogens is 379 g/mol. The Kier molecular flexibility index (Phi) is 4.99. The van der Waals surface area contributed by atoms with Gasteiger partial charge in [0.25, 0.3) is 0 Å². The first-order valence-electron chi connectivity index (χ1n) is 9.04. The van der Waals surface area contributed by atoms with E-state index in [-0.39, 0.29) is 11.0 Å². The van der Waals surface area contributed by atoms with Gasteiger partial charge < -0.3 is 4.57 Å². The van der Waals surface area contributed by atoms with Crippen molar-refractivity contribution in [2.45, 2.75) is 31.2 Å². The van der Waals surface area contributed by atoms with Gasteiger partial charge in [-0.25, -0.2) is 22.8 Å². The number of fused-ring (bicyclic) bond motifs is 1. The summed E-state index contributed by atoms with van der Waals surface area (Å²) in [5.41, 5.74) is 4.00. The maximum Gasteiger partial charge on any atom is 0.246 e. The van der Waals surface area contributed by atoms with Crippen LogP contribution in [0.4, 0.5) is 4.39 Å². The standard InChI is InChI=1S/C20H21FN4O2S/c1-28(26,27)20-22-11-16-13-24(10-8-19(16)23-20)14-18-3-2-9-25(18)12-15-4-6-17(21)7-5-15/h2-7,9,11H,8,10,12-14H2,1H3. The summed E-state index contributed by atoms with van der Waals surface area (Å²) >= 11 is 0. The Morgan fingerprint density at radius 2 is 1.93 bits per heavy atom. The van der Waals surface area contributed by atoms with E-state index in [9.17, 15) is 12.8 Å². The molecule has 4 rings (SSSR count). The zero-order chi connectivity index (χ0) is 19.7. The Labute approximate surface area is 163 Å². The zero-order valence-corrected chi connectivity index (χ0v) is 16.4. The Balaban J connectivity index is 1.47. The van der Waals surface area contributed by atoms with Crippen molar-refractivity contribution < 1.29 is 12.8 Å². The monoisotopic (exact) mass is 400 g/mol. The lowest BCUT2D eigenvalue weighted by Gasteiger charge is -2.28. The predicted octanol–water partition coefficient (Wildman–Crippen LogP) is 2.43. The molecule has 0 radical (unpaired) electrons. The van der Waals surface area contributed by atoms with Crippen molar-refractivity contribution in [3.8, 4) is 0 Å². The molecule has 1 aliphatic heterocycles. The van der Waals surface area contributed by atoms with Crippen LogP contribution in [0, 0.1) is 5.82 Å². The quantitative estimate of drug-likeness (QED) is 0.616. The first-order chi connectivity index (χ1) is 13.4. The Bertz CT molecular complexity index is 1090. The van der Waals surface area contributed by atoms with Gasteiger partial charge >= 0.3 is 0 Å². The molecule has 146 valence electrons. The third kappa shape index (κ3) is 4.13. The van der Waals surface area contributed by atoms with Crippen LogP contribution in [0.15, 0.2) is 53.9 Å². The highest BCUT2D eigenvalue weighted by atomic mass is 32.2. The summed E-state index contributed by atoms with van der Waals surface area (Å²) < 4.78 is 38.6. The number of sulfone groups is 1. The fourth-order valence-electron chi connectivity index (χ4n) is 3.43. The highest BCUT2D eigenvalue weighted by molar-refractivity contribution is 7.90. The normalized spacial score (nSPS) is 14.8. The van der Waals surface area contributed by atoms with Crippen molar-refractivity contribution in [3.63, 3.8) is 0 Å². The molecule has 1 aliphatic rings. The van der Waals surface area contributed by atoms with Crippen molar-refractivity contribution >= 4 is 9.84 Å². The molecule has 0 fully saturated rings. The average Bonchev–Trinajstić information content (AvgIpc) is 3.09. The van der Waals surface area contributed by atoms with Gasteiger partial charge in [0.1, 0.15) is 5.82 Å². The van der Waals surface area contributed by atoms with Gasteiger partial charge in [-0.2, -0.15) is 0 Å². The molecular formula is C20H21FN4O2S. The summed E-state index contributed by atoms with van der Waals surface area (Å²) in [5.74, 6) is -0.232. The Hall–Kier alpha value is -2.58. The van der Waals surface area contributed by atoms with Crippen molar-refractivity contribution in [2.75, 3.05) is 12.8 Å². The number of benzene rings is 1. The Morgan fingerprint density at radius 1 is 1.14 bits per heavy atom. The molecule has 0 saturated carbocycles. The maximum absolute atomic E-state index is 13.1. The minimum atomic E-state index is -3.39. The second kappa shape index (κ2) is 7.44. The minimum absolute atomic E-state index is 0.104. The average molecular weight is 400 g/mol. The highest BCUT2D eigenvalue weighted by Gasteiger charge is 2.21. The zero-order valence-electron chi connectivity index (χ0n) is 15.5. The molecule has 0 aliphatic carbocycles. The molecule has 6 nitrogen and oxygen atoms in total. The van der Waals surface area contributed by atoms with E-state index >= 15 is 0 Å². The van der Waals surface area contributed by atoms with Crippen LogP contribution in [-0.4, -0.2) is 40.7 Å². The van der Waals surface area contributed by atoms with Gasteiger partial charge in [-0.15, -0.1) is 0 Å². The van der Waals surface area contributed by atoms with Crippen LogP contribution in [-0.2, 0) is 35.9 Å². The summed E-state index contributed by atoms with van der Waals surface area (Å²) in [6, 6.07) is 10.6. The van der Waals surface area contributed by atoms with Crippen LogP contribution in [0.25, 0.3) is 0 Å². The van der Waals surface area contributed by atoms with Crippen LogP contribution < -0.4 is 0 Å². The van der Waals surface area contributed by atoms with Gasteiger partial charge in [0.15, 0.2) is 0 Å². The number of rotatable bonds is 5. The molecule has 0 bridgehead atoms. The molecule has 0 saturated heterocycles. The summed E-state index contributed by atoms with van der Waals surface area (Å²) in [4.78, 5) is 10.5. The molecule has 0 amide bonds. The van der Waals surface area contributed by atoms with Gasteiger partial charge in [0, 0.05) is 62.5 Å². The number of hydrogen-bond donors (Lipinski definition) is 0. The number of hydrogen-bond acceptors (Lipinski definition) is 5. The summed E-state index contributed by atoms with van der Waals surface area (Å²) in [6.45, 7) is 2.94. The van der Waals surface area contributed by atoms with E-state index in [1.807, 2.05) is 12.3 Å². The number of halogens is 1. The van der Waals surface area contributed by atoms with E-state index in [2.05, 4.69) is 25.5 Å². The second-order valence-corrected chi connectivity index (χ2v) is 9.02. The molecule has 1 aromatic carbocycles. The summed E-state index contributed by atoms with van der Waals surface area (Å²) in [6.07, 6.45) is 5.47. The van der Waals surface area contributed by atoms with Crippen molar-refractivity contribution in [3.05, 3.63) is 77.1 Å². The van der Waals surface area contributed by atoms with Crippen LogP contribution in [0.3, 0.4) is 0 Å². The SMILES string of the molecule is CS(=O)(=O)c1ncc2c(n1)CCN(Cc1cccn1Cc1ccc(F)cc1)C2. The second-order valence-electron chi connectivity index (χ2n) is 7.11. The first kappa shape index (κ1) is 18.8. The van der Waals surface area contributed by atoms with Gasteiger partial charge in [-0.05, 0) is 29.8 Å². The molecule has 0 unspecified atom stereocenters. The van der Waals surface area contributed by atoms with Crippen LogP contribution in [0.5, 0.6) is 0 Å². The van der Waals surface area contributed by atoms with E-state index in [4.69, 9.17) is 0 Å². The largest absolute Gasteiger partial charge is 0.346 e. The lowest BCUT2D eigenvalue weighted by Crippen LogP contribution is -2.32. The molecule has 2 aromatic heterocycles.